The molecule has 1 fully saturated rings. The maximum atomic E-state index is 12.2. The van der Waals surface area contributed by atoms with Gasteiger partial charge in [-0.2, -0.15) is 0 Å². The van der Waals surface area contributed by atoms with Crippen molar-refractivity contribution in [2.45, 2.75) is 26.2 Å². The van der Waals surface area contributed by atoms with E-state index in [0.29, 0.717) is 23.1 Å². The highest BCUT2D eigenvalue weighted by molar-refractivity contribution is 5.94. The average Bonchev–Trinajstić information content (AvgIpc) is 2.88. The Morgan fingerprint density at radius 1 is 1.55 bits per heavy atom. The average molecular weight is 271 g/mol. The van der Waals surface area contributed by atoms with E-state index in [1.165, 1.54) is 19.3 Å². The monoisotopic (exact) mass is 271 g/mol. The molecular formula is C16H21N3O. The van der Waals surface area contributed by atoms with Crippen molar-refractivity contribution in [2.75, 3.05) is 13.1 Å². The van der Waals surface area contributed by atoms with Gasteiger partial charge in [0.05, 0.1) is 12.1 Å². The highest BCUT2D eigenvalue weighted by Crippen LogP contribution is 2.30. The maximum absolute atomic E-state index is 12.2. The van der Waals surface area contributed by atoms with Crippen LogP contribution in [0.4, 0.5) is 0 Å². The van der Waals surface area contributed by atoms with Gasteiger partial charge >= 0.3 is 0 Å². The Labute approximate surface area is 120 Å². The number of carbonyl (C=O) groups is 1. The SMILES string of the molecule is CC1CCCC1CNC(=O)c1ncccc1C#CCN. The van der Waals surface area contributed by atoms with Crippen LogP contribution in [-0.4, -0.2) is 24.0 Å². The van der Waals surface area contributed by atoms with Gasteiger partial charge in [-0.05, 0) is 30.4 Å². The third-order valence-electron chi connectivity index (χ3n) is 3.91. The van der Waals surface area contributed by atoms with E-state index in [9.17, 15) is 4.79 Å². The highest BCUT2D eigenvalue weighted by atomic mass is 16.1. The normalized spacial score (nSPS) is 21.1. The first-order valence-electron chi connectivity index (χ1n) is 7.14. The standard InChI is InChI=1S/C16H21N3O/c1-12-5-2-6-14(12)11-19-16(20)15-13(7-3-9-17)8-4-10-18-15/h4,8,10,12,14H,2,5-6,9,11,17H2,1H3,(H,19,20). The topological polar surface area (TPSA) is 68.0 Å². The molecule has 0 spiro atoms. The molecule has 106 valence electrons. The van der Waals surface area contributed by atoms with Crippen LogP contribution < -0.4 is 11.1 Å². The summed E-state index contributed by atoms with van der Waals surface area (Å²) >= 11 is 0. The van der Waals surface area contributed by atoms with Gasteiger partial charge in [-0.3, -0.25) is 4.79 Å². The van der Waals surface area contributed by atoms with E-state index in [2.05, 4.69) is 29.1 Å². The summed E-state index contributed by atoms with van der Waals surface area (Å²) in [6.07, 6.45) is 5.33. The number of nitrogens with one attached hydrogen (secondary N) is 1. The summed E-state index contributed by atoms with van der Waals surface area (Å²) in [5.41, 5.74) is 6.39. The minimum atomic E-state index is -0.147. The lowest BCUT2D eigenvalue weighted by Crippen LogP contribution is -2.31. The van der Waals surface area contributed by atoms with Crippen molar-refractivity contribution in [3.05, 3.63) is 29.6 Å². The van der Waals surface area contributed by atoms with Gasteiger partial charge in [0.15, 0.2) is 0 Å². The number of nitrogens with zero attached hydrogens (tertiary/aromatic N) is 1. The number of rotatable bonds is 3. The van der Waals surface area contributed by atoms with Crippen molar-refractivity contribution < 1.29 is 4.79 Å². The summed E-state index contributed by atoms with van der Waals surface area (Å²) in [6.45, 7) is 3.25. The van der Waals surface area contributed by atoms with Crippen LogP contribution in [0.1, 0.15) is 42.2 Å². The fourth-order valence-electron chi connectivity index (χ4n) is 2.67. The summed E-state index contributed by atoms with van der Waals surface area (Å²) in [7, 11) is 0. The van der Waals surface area contributed by atoms with Crippen molar-refractivity contribution in [3.8, 4) is 11.8 Å². The molecule has 4 nitrogen and oxygen atoms in total. The molecule has 3 N–H and O–H groups in total. The zero-order chi connectivity index (χ0) is 14.4. The van der Waals surface area contributed by atoms with E-state index in [4.69, 9.17) is 5.73 Å². The van der Waals surface area contributed by atoms with Gasteiger partial charge in [-0.25, -0.2) is 4.98 Å². The summed E-state index contributed by atoms with van der Waals surface area (Å²) in [5, 5.41) is 2.99. The molecule has 1 aromatic rings. The van der Waals surface area contributed by atoms with Gasteiger partial charge in [0.2, 0.25) is 0 Å². The number of nitrogens with two attached hydrogens (primary N) is 1. The minimum absolute atomic E-state index is 0.147. The molecule has 2 unspecified atom stereocenters. The van der Waals surface area contributed by atoms with Crippen LogP contribution in [0, 0.1) is 23.7 Å². The second kappa shape index (κ2) is 7.06. The number of carbonyl (C=O) groups excluding carboxylic acids is 1. The molecular weight excluding hydrogens is 250 g/mol. The summed E-state index contributed by atoms with van der Waals surface area (Å²) in [5.74, 6) is 6.78. The fourth-order valence-corrected chi connectivity index (χ4v) is 2.67. The number of hydrogen-bond acceptors (Lipinski definition) is 3. The van der Waals surface area contributed by atoms with Crippen molar-refractivity contribution in [1.82, 2.24) is 10.3 Å². The number of amides is 1. The van der Waals surface area contributed by atoms with Crippen molar-refractivity contribution in [2.24, 2.45) is 17.6 Å². The molecule has 1 aliphatic carbocycles. The molecule has 0 aromatic carbocycles. The van der Waals surface area contributed by atoms with E-state index in [0.717, 1.165) is 6.54 Å². The van der Waals surface area contributed by atoms with Crippen LogP contribution in [-0.2, 0) is 0 Å². The quantitative estimate of drug-likeness (QED) is 0.820. The third-order valence-corrected chi connectivity index (χ3v) is 3.91. The van der Waals surface area contributed by atoms with Crippen LogP contribution in [0.2, 0.25) is 0 Å². The molecule has 1 amide bonds. The predicted molar refractivity (Wildman–Crippen MR) is 79.0 cm³/mol. The largest absolute Gasteiger partial charge is 0.350 e. The summed E-state index contributed by atoms with van der Waals surface area (Å²) in [4.78, 5) is 16.4. The molecule has 4 heteroatoms. The number of aromatic nitrogens is 1. The Hall–Kier alpha value is -1.86. The molecule has 1 heterocycles. The molecule has 1 aliphatic rings. The molecule has 0 aliphatic heterocycles. The lowest BCUT2D eigenvalue weighted by molar-refractivity contribution is 0.0939. The Morgan fingerprint density at radius 3 is 3.10 bits per heavy atom. The van der Waals surface area contributed by atoms with Crippen LogP contribution >= 0.6 is 0 Å². The van der Waals surface area contributed by atoms with Crippen LogP contribution in [0.3, 0.4) is 0 Å². The number of pyridine rings is 1. The van der Waals surface area contributed by atoms with Crippen LogP contribution in [0.5, 0.6) is 0 Å². The van der Waals surface area contributed by atoms with Gasteiger partial charge in [0.25, 0.3) is 5.91 Å². The number of hydrogen-bond donors (Lipinski definition) is 2. The first kappa shape index (κ1) is 14.5. The summed E-state index contributed by atoms with van der Waals surface area (Å²) in [6, 6.07) is 3.57. The van der Waals surface area contributed by atoms with E-state index in [-0.39, 0.29) is 12.5 Å². The van der Waals surface area contributed by atoms with Crippen molar-refractivity contribution in [3.63, 3.8) is 0 Å². The minimum Gasteiger partial charge on any atom is -0.350 e. The van der Waals surface area contributed by atoms with Gasteiger partial charge in [-0.1, -0.05) is 31.6 Å². The second-order valence-corrected chi connectivity index (χ2v) is 5.28. The van der Waals surface area contributed by atoms with Gasteiger partial charge in [0, 0.05) is 12.7 Å². The van der Waals surface area contributed by atoms with E-state index in [1.807, 2.05) is 0 Å². The molecule has 0 bridgehead atoms. The van der Waals surface area contributed by atoms with E-state index in [1.54, 1.807) is 18.3 Å². The van der Waals surface area contributed by atoms with Crippen LogP contribution in [0.25, 0.3) is 0 Å². The van der Waals surface area contributed by atoms with E-state index >= 15 is 0 Å². The second-order valence-electron chi connectivity index (χ2n) is 5.28. The molecule has 2 rings (SSSR count). The van der Waals surface area contributed by atoms with Gasteiger partial charge < -0.3 is 11.1 Å². The predicted octanol–water partition coefficient (Wildman–Crippen LogP) is 1.56. The Balaban J connectivity index is 2.02. The summed E-state index contributed by atoms with van der Waals surface area (Å²) < 4.78 is 0. The maximum Gasteiger partial charge on any atom is 0.271 e. The fraction of sp³-hybridized carbons (Fsp3) is 0.500. The Bertz CT molecular complexity index is 530. The van der Waals surface area contributed by atoms with Gasteiger partial charge in [-0.15, -0.1) is 0 Å². The molecule has 0 radical (unpaired) electrons. The first-order valence-corrected chi connectivity index (χ1v) is 7.14. The highest BCUT2D eigenvalue weighted by Gasteiger charge is 2.24. The Kier molecular flexibility index (Phi) is 5.14. The zero-order valence-electron chi connectivity index (χ0n) is 11.9. The molecule has 20 heavy (non-hydrogen) atoms. The Morgan fingerprint density at radius 2 is 2.40 bits per heavy atom. The van der Waals surface area contributed by atoms with Crippen molar-refractivity contribution in [1.29, 1.82) is 0 Å². The van der Waals surface area contributed by atoms with E-state index < -0.39 is 0 Å². The third kappa shape index (κ3) is 3.58. The molecule has 1 saturated carbocycles. The molecule has 0 saturated heterocycles. The zero-order valence-corrected chi connectivity index (χ0v) is 11.9. The lowest BCUT2D eigenvalue weighted by atomic mass is 9.98. The van der Waals surface area contributed by atoms with Crippen LogP contribution in [0.15, 0.2) is 18.3 Å². The first-order chi connectivity index (χ1) is 9.72. The molecule has 2 atom stereocenters. The van der Waals surface area contributed by atoms with Gasteiger partial charge in [0.1, 0.15) is 5.69 Å². The van der Waals surface area contributed by atoms with Crippen molar-refractivity contribution >= 4 is 5.91 Å². The molecule has 1 aromatic heterocycles. The smallest absolute Gasteiger partial charge is 0.271 e. The lowest BCUT2D eigenvalue weighted by Gasteiger charge is -2.15.